The molecule has 23 heavy (non-hydrogen) atoms. The lowest BCUT2D eigenvalue weighted by molar-refractivity contribution is 0.0487. The van der Waals surface area contributed by atoms with Gasteiger partial charge in [-0.05, 0) is 25.1 Å². The van der Waals surface area contributed by atoms with Crippen LogP contribution in [0.3, 0.4) is 0 Å². The fraction of sp³-hybridized carbons (Fsp3) is 0.235. The molecule has 0 spiro atoms. The molecular formula is C17H17N3O3. The molecule has 0 fully saturated rings. The van der Waals surface area contributed by atoms with E-state index >= 15 is 0 Å². The summed E-state index contributed by atoms with van der Waals surface area (Å²) < 4.78 is 12.4. The van der Waals surface area contributed by atoms with Crippen molar-refractivity contribution in [3.63, 3.8) is 0 Å². The second kappa shape index (κ2) is 6.91. The predicted octanol–water partition coefficient (Wildman–Crippen LogP) is 2.66. The van der Waals surface area contributed by atoms with Crippen LogP contribution >= 0.6 is 0 Å². The Kier molecular flexibility index (Phi) is 4.52. The lowest BCUT2D eigenvalue weighted by atomic mass is 10.2. The number of carbonyl (C=O) groups is 1. The van der Waals surface area contributed by atoms with Gasteiger partial charge >= 0.3 is 5.97 Å². The number of carbonyl (C=O) groups excluding carboxylic acids is 1. The van der Waals surface area contributed by atoms with Crippen molar-refractivity contribution in [2.45, 2.75) is 13.3 Å². The predicted molar refractivity (Wildman–Crippen MR) is 84.6 cm³/mol. The molecule has 3 rings (SSSR count). The van der Waals surface area contributed by atoms with E-state index in [1.807, 2.05) is 30.3 Å². The Balaban J connectivity index is 1.52. The van der Waals surface area contributed by atoms with Gasteiger partial charge in [-0.1, -0.05) is 18.2 Å². The molecule has 0 aliphatic carbocycles. The average molecular weight is 311 g/mol. The van der Waals surface area contributed by atoms with Crippen LogP contribution in [0.1, 0.15) is 22.5 Å². The van der Waals surface area contributed by atoms with Crippen molar-refractivity contribution in [1.82, 2.24) is 14.6 Å². The first-order valence-corrected chi connectivity index (χ1v) is 7.40. The molecule has 0 saturated carbocycles. The molecule has 6 nitrogen and oxygen atoms in total. The number of hydrogen-bond donors (Lipinski definition) is 0. The third-order valence-electron chi connectivity index (χ3n) is 3.31. The number of ether oxygens (including phenoxy) is 2. The summed E-state index contributed by atoms with van der Waals surface area (Å²) in [6.45, 7) is 2.54. The maximum Gasteiger partial charge on any atom is 0.343 e. The summed E-state index contributed by atoms with van der Waals surface area (Å²) >= 11 is 0. The van der Waals surface area contributed by atoms with Crippen molar-refractivity contribution in [2.75, 3.05) is 13.2 Å². The minimum Gasteiger partial charge on any atom is -0.493 e. The van der Waals surface area contributed by atoms with Crippen LogP contribution in [0.15, 0.2) is 48.8 Å². The van der Waals surface area contributed by atoms with E-state index in [0.29, 0.717) is 29.9 Å². The van der Waals surface area contributed by atoms with Crippen molar-refractivity contribution in [1.29, 1.82) is 0 Å². The zero-order chi connectivity index (χ0) is 16.1. The third kappa shape index (κ3) is 3.48. The maximum atomic E-state index is 12.2. The Morgan fingerprint density at radius 2 is 2.00 bits per heavy atom. The lowest BCUT2D eigenvalue weighted by Crippen LogP contribution is -2.10. The molecule has 0 radical (unpaired) electrons. The van der Waals surface area contributed by atoms with Crippen LogP contribution in [-0.2, 0) is 4.74 Å². The fourth-order valence-electron chi connectivity index (χ4n) is 2.24. The van der Waals surface area contributed by atoms with Gasteiger partial charge in [-0.3, -0.25) is 0 Å². The monoisotopic (exact) mass is 311 g/mol. The Bertz CT molecular complexity index is 799. The summed E-state index contributed by atoms with van der Waals surface area (Å²) in [5.41, 5.74) is 1.53. The number of para-hydroxylation sites is 1. The van der Waals surface area contributed by atoms with Crippen LogP contribution in [-0.4, -0.2) is 33.8 Å². The lowest BCUT2D eigenvalue weighted by Gasteiger charge is -2.06. The highest BCUT2D eigenvalue weighted by Gasteiger charge is 2.19. The average Bonchev–Trinajstić information content (AvgIpc) is 2.91. The highest BCUT2D eigenvalue weighted by molar-refractivity contribution is 5.97. The number of benzene rings is 1. The van der Waals surface area contributed by atoms with E-state index in [9.17, 15) is 4.79 Å². The molecule has 0 unspecified atom stereocenters. The van der Waals surface area contributed by atoms with Crippen molar-refractivity contribution < 1.29 is 14.3 Å². The van der Waals surface area contributed by atoms with Crippen LogP contribution in [0.2, 0.25) is 0 Å². The molecule has 6 heteroatoms. The summed E-state index contributed by atoms with van der Waals surface area (Å²) in [7, 11) is 0. The van der Waals surface area contributed by atoms with Crippen molar-refractivity contribution in [2.24, 2.45) is 0 Å². The van der Waals surface area contributed by atoms with Gasteiger partial charge in [0.2, 0.25) is 0 Å². The number of esters is 1. The van der Waals surface area contributed by atoms with Gasteiger partial charge in [0, 0.05) is 18.8 Å². The van der Waals surface area contributed by atoms with Gasteiger partial charge in [0.15, 0.2) is 5.65 Å². The van der Waals surface area contributed by atoms with Crippen LogP contribution in [0.25, 0.3) is 5.65 Å². The molecule has 118 valence electrons. The van der Waals surface area contributed by atoms with Crippen LogP contribution < -0.4 is 4.74 Å². The van der Waals surface area contributed by atoms with Gasteiger partial charge in [0.25, 0.3) is 0 Å². The van der Waals surface area contributed by atoms with E-state index in [0.717, 1.165) is 5.75 Å². The first-order chi connectivity index (χ1) is 11.3. The Labute approximate surface area is 133 Å². The molecule has 0 aliphatic heterocycles. The SMILES string of the molecule is Cc1nn2cccnc2c1C(=O)OCCCOc1ccccc1. The van der Waals surface area contributed by atoms with Gasteiger partial charge in [0.1, 0.15) is 11.3 Å². The van der Waals surface area contributed by atoms with Gasteiger partial charge in [-0.2, -0.15) is 5.10 Å². The summed E-state index contributed by atoms with van der Waals surface area (Å²) in [6, 6.07) is 11.3. The number of aryl methyl sites for hydroxylation is 1. The number of aromatic nitrogens is 3. The van der Waals surface area contributed by atoms with Crippen LogP contribution in [0, 0.1) is 6.92 Å². The van der Waals surface area contributed by atoms with Crippen LogP contribution in [0.4, 0.5) is 0 Å². The van der Waals surface area contributed by atoms with Gasteiger partial charge < -0.3 is 9.47 Å². The summed E-state index contributed by atoms with van der Waals surface area (Å²) in [6.07, 6.45) is 3.99. The topological polar surface area (TPSA) is 65.7 Å². The van der Waals surface area contributed by atoms with Crippen molar-refractivity contribution >= 4 is 11.6 Å². The van der Waals surface area contributed by atoms with Gasteiger partial charge in [0.05, 0.1) is 18.9 Å². The first-order valence-electron chi connectivity index (χ1n) is 7.40. The van der Waals surface area contributed by atoms with Gasteiger partial charge in [-0.25, -0.2) is 14.3 Å². The summed E-state index contributed by atoms with van der Waals surface area (Å²) in [4.78, 5) is 16.4. The largest absolute Gasteiger partial charge is 0.493 e. The highest BCUT2D eigenvalue weighted by atomic mass is 16.5. The van der Waals surface area contributed by atoms with Crippen LogP contribution in [0.5, 0.6) is 5.75 Å². The van der Waals surface area contributed by atoms with E-state index in [1.54, 1.807) is 29.9 Å². The first kappa shape index (κ1) is 15.0. The third-order valence-corrected chi connectivity index (χ3v) is 3.31. The summed E-state index contributed by atoms with van der Waals surface area (Å²) in [5, 5.41) is 4.25. The van der Waals surface area contributed by atoms with E-state index in [4.69, 9.17) is 9.47 Å². The molecule has 3 aromatic rings. The molecule has 0 aliphatic rings. The number of fused-ring (bicyclic) bond motifs is 1. The molecule has 0 N–H and O–H groups in total. The molecular weight excluding hydrogens is 294 g/mol. The van der Waals surface area contributed by atoms with E-state index in [1.165, 1.54) is 0 Å². The Hall–Kier alpha value is -2.89. The molecule has 0 bridgehead atoms. The minimum absolute atomic E-state index is 0.287. The number of nitrogens with zero attached hydrogens (tertiary/aromatic N) is 3. The Morgan fingerprint density at radius 3 is 2.83 bits per heavy atom. The van der Waals surface area contributed by atoms with Crippen molar-refractivity contribution in [3.8, 4) is 5.75 Å². The number of hydrogen-bond acceptors (Lipinski definition) is 5. The second-order valence-corrected chi connectivity index (χ2v) is 5.00. The minimum atomic E-state index is -0.407. The normalized spacial score (nSPS) is 10.7. The standard InChI is InChI=1S/C17H17N3O3/c1-13-15(16-18-9-5-10-20(16)19-13)17(21)23-12-6-11-22-14-7-3-2-4-8-14/h2-5,7-10H,6,11-12H2,1H3. The van der Waals surface area contributed by atoms with Gasteiger partial charge in [-0.15, -0.1) is 0 Å². The highest BCUT2D eigenvalue weighted by Crippen LogP contribution is 2.14. The Morgan fingerprint density at radius 1 is 1.17 bits per heavy atom. The fourth-order valence-corrected chi connectivity index (χ4v) is 2.24. The second-order valence-electron chi connectivity index (χ2n) is 5.00. The van der Waals surface area contributed by atoms with E-state index < -0.39 is 5.97 Å². The van der Waals surface area contributed by atoms with Crippen molar-refractivity contribution in [3.05, 3.63) is 60.0 Å². The van der Waals surface area contributed by atoms with E-state index in [2.05, 4.69) is 10.1 Å². The molecule has 0 atom stereocenters. The molecule has 1 aromatic carbocycles. The summed E-state index contributed by atoms with van der Waals surface area (Å²) in [5.74, 6) is 0.400. The number of rotatable bonds is 6. The molecule has 0 amide bonds. The quantitative estimate of drug-likeness (QED) is 0.517. The van der Waals surface area contributed by atoms with E-state index in [-0.39, 0.29) is 6.61 Å². The molecule has 2 aromatic heterocycles. The smallest absolute Gasteiger partial charge is 0.343 e. The maximum absolute atomic E-state index is 12.2. The molecule has 0 saturated heterocycles. The molecule has 2 heterocycles. The zero-order valence-electron chi connectivity index (χ0n) is 12.8. The zero-order valence-corrected chi connectivity index (χ0v) is 12.8.